The number of nitrogens with one attached hydrogen (secondary N) is 2. The van der Waals surface area contributed by atoms with Crippen molar-refractivity contribution in [1.82, 2.24) is 44.5 Å². The van der Waals surface area contributed by atoms with Crippen LogP contribution in [0.3, 0.4) is 0 Å². The molecule has 4 aromatic heterocycles. The second-order valence-corrected chi connectivity index (χ2v) is 16.7. The van der Waals surface area contributed by atoms with E-state index in [0.717, 1.165) is 22.6 Å². The number of aliphatic hydroxyl groups excluding tert-OH is 2. The number of nitrogens with zero attached hydrogens (tertiary/aromatic N) is 9. The van der Waals surface area contributed by atoms with Crippen molar-refractivity contribution in [3.8, 4) is 11.3 Å². The first-order chi connectivity index (χ1) is 30.3. The highest BCUT2D eigenvalue weighted by Crippen LogP contribution is 2.43. The van der Waals surface area contributed by atoms with Crippen LogP contribution in [-0.2, 0) is 11.8 Å². The lowest BCUT2D eigenvalue weighted by Crippen LogP contribution is -2.51. The molecule has 330 valence electrons. The van der Waals surface area contributed by atoms with Crippen LogP contribution >= 0.6 is 23.2 Å². The molecule has 1 saturated heterocycles. The van der Waals surface area contributed by atoms with Gasteiger partial charge in [0.2, 0.25) is 11.9 Å². The number of piperazine rings is 1. The minimum atomic E-state index is -0.749. The van der Waals surface area contributed by atoms with Crippen molar-refractivity contribution < 1.29 is 19.4 Å². The van der Waals surface area contributed by atoms with Gasteiger partial charge in [0.25, 0.3) is 5.56 Å². The maximum Gasteiger partial charge on any atom is 0.251 e. The van der Waals surface area contributed by atoms with E-state index in [2.05, 4.69) is 61.3 Å². The zero-order valence-corrected chi connectivity index (χ0v) is 36.9. The Morgan fingerprint density at radius 1 is 0.952 bits per heavy atom. The molecule has 1 fully saturated rings. The molecule has 0 spiro atoms. The number of rotatable bonds is 12. The number of pyridine rings is 1. The number of carbonyl (C=O) groups is 1. The summed E-state index contributed by atoms with van der Waals surface area (Å²) in [5, 5.41) is 31.3. The number of anilines is 3. The average molecular weight is 899 g/mol. The van der Waals surface area contributed by atoms with Crippen LogP contribution in [0.5, 0.6) is 0 Å². The topological polar surface area (TPSA) is 179 Å². The Morgan fingerprint density at radius 2 is 1.70 bits per heavy atom. The van der Waals surface area contributed by atoms with E-state index in [-0.39, 0.29) is 34.9 Å². The Balaban J connectivity index is 0.000000189. The Kier molecular flexibility index (Phi) is 14.5. The van der Waals surface area contributed by atoms with Crippen LogP contribution in [0.4, 0.5) is 22.0 Å². The molecule has 8 rings (SSSR count). The van der Waals surface area contributed by atoms with Gasteiger partial charge in [0, 0.05) is 86.5 Å². The van der Waals surface area contributed by atoms with Gasteiger partial charge in [-0.05, 0) is 59.9 Å². The van der Waals surface area contributed by atoms with Gasteiger partial charge in [-0.3, -0.25) is 14.3 Å². The molecule has 63 heavy (non-hydrogen) atoms. The van der Waals surface area contributed by atoms with Gasteiger partial charge < -0.3 is 35.2 Å². The number of hydrogen-bond acceptors (Lipinski definition) is 12. The number of carbonyl (C=O) groups excluding carboxylic acids is 1. The van der Waals surface area contributed by atoms with Crippen molar-refractivity contribution in [2.75, 3.05) is 49.5 Å². The van der Waals surface area contributed by atoms with Crippen molar-refractivity contribution >= 4 is 46.7 Å². The molecule has 0 bridgehead atoms. The number of aliphatic hydroxyl groups is 2. The highest BCUT2D eigenvalue weighted by molar-refractivity contribution is 6.31. The molecule has 0 saturated carbocycles. The monoisotopic (exact) mass is 897 g/mol. The molecular formula is C45H50Cl2FN11O4. The van der Waals surface area contributed by atoms with E-state index in [0.29, 0.717) is 78.8 Å². The van der Waals surface area contributed by atoms with Gasteiger partial charge in [-0.1, -0.05) is 62.2 Å². The number of aryl methyl sites for hydroxylation is 1. The van der Waals surface area contributed by atoms with E-state index in [1.807, 2.05) is 29.2 Å². The van der Waals surface area contributed by atoms with E-state index in [9.17, 15) is 24.2 Å². The summed E-state index contributed by atoms with van der Waals surface area (Å²) in [4.78, 5) is 48.0. The Hall–Kier alpha value is -5.78. The molecule has 6 aromatic rings. The van der Waals surface area contributed by atoms with Gasteiger partial charge in [-0.15, -0.1) is 0 Å². The normalized spacial score (nSPS) is 16.9. The zero-order chi connectivity index (χ0) is 44.8. The summed E-state index contributed by atoms with van der Waals surface area (Å²) in [7, 11) is 1.79. The molecule has 4 atom stereocenters. The molecule has 5 heterocycles. The van der Waals surface area contributed by atoms with Crippen LogP contribution in [0, 0.1) is 5.82 Å². The maximum absolute atomic E-state index is 13.8. The molecule has 0 radical (unpaired) electrons. The van der Waals surface area contributed by atoms with Gasteiger partial charge >= 0.3 is 0 Å². The number of benzene rings is 2. The molecule has 18 heteroatoms. The van der Waals surface area contributed by atoms with Crippen molar-refractivity contribution in [2.24, 2.45) is 7.05 Å². The fourth-order valence-electron chi connectivity index (χ4n) is 7.88. The highest BCUT2D eigenvalue weighted by atomic mass is 35.5. The molecule has 1 aliphatic carbocycles. The molecule has 2 aromatic carbocycles. The first-order valence-corrected chi connectivity index (χ1v) is 21.5. The predicted octanol–water partition coefficient (Wildman–Crippen LogP) is 6.26. The number of amides is 1. The second kappa shape index (κ2) is 20.2. The summed E-state index contributed by atoms with van der Waals surface area (Å²) in [5.41, 5.74) is 3.98. The Bertz CT molecular complexity index is 2580. The van der Waals surface area contributed by atoms with Gasteiger partial charge in [-0.2, -0.15) is 5.10 Å². The number of halogens is 3. The molecular weight excluding hydrogens is 848 g/mol. The number of hydrogen-bond donors (Lipinski definition) is 4. The summed E-state index contributed by atoms with van der Waals surface area (Å²) in [5.74, 6) is 1.48. The summed E-state index contributed by atoms with van der Waals surface area (Å²) in [6.07, 6.45) is 6.49. The molecule has 2 aliphatic rings. The predicted molar refractivity (Wildman–Crippen MR) is 241 cm³/mol. The van der Waals surface area contributed by atoms with E-state index in [1.54, 1.807) is 60.9 Å². The lowest BCUT2D eigenvalue weighted by molar-refractivity contribution is -0.133. The van der Waals surface area contributed by atoms with E-state index < -0.39 is 18.0 Å². The molecule has 4 unspecified atom stereocenters. The fraction of sp³-hybridized carbons (Fsp3) is 0.356. The van der Waals surface area contributed by atoms with Crippen LogP contribution < -0.4 is 21.1 Å². The first-order valence-electron chi connectivity index (χ1n) is 20.7. The zero-order valence-electron chi connectivity index (χ0n) is 35.4. The average Bonchev–Trinajstić information content (AvgIpc) is 3.82. The van der Waals surface area contributed by atoms with Crippen molar-refractivity contribution in [1.29, 1.82) is 0 Å². The minimum absolute atomic E-state index is 0.0255. The number of aromatic nitrogens is 7. The van der Waals surface area contributed by atoms with E-state index in [4.69, 9.17) is 23.2 Å². The third kappa shape index (κ3) is 10.5. The Labute approximate surface area is 374 Å². The van der Waals surface area contributed by atoms with E-state index >= 15 is 0 Å². The van der Waals surface area contributed by atoms with E-state index in [1.165, 1.54) is 22.8 Å². The summed E-state index contributed by atoms with van der Waals surface area (Å²) < 4.78 is 16.8. The van der Waals surface area contributed by atoms with Crippen molar-refractivity contribution in [3.05, 3.63) is 140 Å². The van der Waals surface area contributed by atoms with Crippen LogP contribution in [-0.4, -0.2) is 101 Å². The first kappa shape index (κ1) is 45.3. The van der Waals surface area contributed by atoms with Crippen LogP contribution in [0.2, 0.25) is 10.0 Å². The Morgan fingerprint density at radius 3 is 2.37 bits per heavy atom. The molecule has 15 nitrogen and oxygen atoms in total. The number of fused-ring (bicyclic) bond motifs is 1. The maximum atomic E-state index is 13.8. The largest absolute Gasteiger partial charge is 0.394 e. The SMILES string of the molecule is CC(C)NCC(C(=O)N1CCN(c2ncnc3c2C(C)CC3O)CC1)c1ccc(Cl)cc1.Cn1nccc1Nc1nccc(-c2ccn(C(CO)c3ccc(Cl)c(F)c3)c(=O)c2)n1. The van der Waals surface area contributed by atoms with Gasteiger partial charge in [0.1, 0.15) is 23.8 Å². The minimum Gasteiger partial charge on any atom is -0.394 e. The quantitative estimate of drug-likeness (QED) is 0.109. The fourth-order valence-corrected chi connectivity index (χ4v) is 8.12. The third-order valence-electron chi connectivity index (χ3n) is 11.3. The molecule has 4 N–H and O–H groups in total. The van der Waals surface area contributed by atoms with Gasteiger partial charge in [0.15, 0.2) is 0 Å². The van der Waals surface area contributed by atoms with Crippen LogP contribution in [0.1, 0.15) is 73.6 Å². The smallest absolute Gasteiger partial charge is 0.251 e. The van der Waals surface area contributed by atoms with Crippen molar-refractivity contribution in [3.63, 3.8) is 0 Å². The molecule has 1 aliphatic heterocycles. The lowest BCUT2D eigenvalue weighted by Gasteiger charge is -2.38. The summed E-state index contributed by atoms with van der Waals surface area (Å²) >= 11 is 11.8. The van der Waals surface area contributed by atoms with Crippen LogP contribution in [0.25, 0.3) is 11.3 Å². The summed E-state index contributed by atoms with van der Waals surface area (Å²) in [6, 6.07) is 17.9. The second-order valence-electron chi connectivity index (χ2n) is 15.9. The van der Waals surface area contributed by atoms with Crippen molar-refractivity contribution in [2.45, 2.75) is 57.2 Å². The summed E-state index contributed by atoms with van der Waals surface area (Å²) in [6.45, 7) is 9.19. The van der Waals surface area contributed by atoms with Gasteiger partial charge in [0.05, 0.1) is 47.3 Å². The third-order valence-corrected chi connectivity index (χ3v) is 11.8. The van der Waals surface area contributed by atoms with Crippen LogP contribution in [0.15, 0.2) is 96.4 Å². The lowest BCUT2D eigenvalue weighted by atomic mass is 9.96. The van der Waals surface area contributed by atoms with Gasteiger partial charge in [-0.25, -0.2) is 24.3 Å². The molecule has 1 amide bonds. The standard InChI is InChI=1S/C24H32ClN5O2.C21H18ClFN6O2/c1-15(2)26-13-19(17-4-6-18(25)7-5-17)24(32)30-10-8-29(9-11-30)23-21-16(3)12-20(31)22(21)27-14-28-23;1-28-19(5-8-25-28)27-21-24-7-4-17(26-21)13-6-9-29(20(31)11-13)18(12-30)14-2-3-15(22)16(23)10-14/h4-7,14-16,19-20,26,31H,8-13H2,1-3H3;2-11,18,30H,12H2,1H3,(H,24,26,27). The highest BCUT2D eigenvalue weighted by Gasteiger charge is 2.35.